The Labute approximate surface area is 133 Å². The van der Waals surface area contributed by atoms with Crippen LogP contribution in [0.3, 0.4) is 0 Å². The summed E-state index contributed by atoms with van der Waals surface area (Å²) in [6.45, 7) is 8.21. The monoisotopic (exact) mass is 305 g/mol. The number of likely N-dealkylation sites (tertiary alicyclic amines) is 1. The molecule has 22 heavy (non-hydrogen) atoms. The Hall–Kier alpha value is -1.55. The van der Waals surface area contributed by atoms with Crippen molar-refractivity contribution in [3.8, 4) is 5.75 Å². The molecule has 1 aromatic rings. The van der Waals surface area contributed by atoms with Gasteiger partial charge in [-0.25, -0.2) is 0 Å². The molecule has 2 rings (SSSR count). The minimum Gasteiger partial charge on any atom is -0.496 e. The molecule has 0 bridgehead atoms. The van der Waals surface area contributed by atoms with E-state index in [9.17, 15) is 4.79 Å². The summed E-state index contributed by atoms with van der Waals surface area (Å²) in [5.41, 5.74) is 3.60. The second-order valence-electron chi connectivity index (χ2n) is 5.98. The van der Waals surface area contributed by atoms with Crippen molar-refractivity contribution in [2.45, 2.75) is 52.6 Å². The molecule has 1 unspecified atom stereocenters. The maximum absolute atomic E-state index is 12.2. The van der Waals surface area contributed by atoms with Gasteiger partial charge in [0, 0.05) is 6.54 Å². The van der Waals surface area contributed by atoms with Crippen LogP contribution in [0.15, 0.2) is 12.1 Å². The second kappa shape index (κ2) is 7.63. The summed E-state index contributed by atoms with van der Waals surface area (Å²) in [5, 5.41) is 0. The Morgan fingerprint density at radius 1 is 1.27 bits per heavy atom. The number of hydrogen-bond donors (Lipinski definition) is 0. The van der Waals surface area contributed by atoms with Gasteiger partial charge in [-0.1, -0.05) is 12.5 Å². The van der Waals surface area contributed by atoms with Gasteiger partial charge in [-0.05, 0) is 62.9 Å². The van der Waals surface area contributed by atoms with Crippen LogP contribution in [0.5, 0.6) is 5.75 Å². The third-order valence-electron chi connectivity index (χ3n) is 4.40. The number of ether oxygens (including phenoxy) is 2. The van der Waals surface area contributed by atoms with E-state index in [1.54, 1.807) is 7.11 Å². The van der Waals surface area contributed by atoms with Crippen LogP contribution in [0.1, 0.15) is 42.9 Å². The first kappa shape index (κ1) is 16.8. The van der Waals surface area contributed by atoms with Gasteiger partial charge in [0.15, 0.2) is 0 Å². The number of aryl methyl sites for hydroxylation is 2. The van der Waals surface area contributed by atoms with Crippen molar-refractivity contribution in [2.24, 2.45) is 0 Å². The highest BCUT2D eigenvalue weighted by molar-refractivity contribution is 5.75. The van der Waals surface area contributed by atoms with Crippen molar-refractivity contribution in [2.75, 3.05) is 20.3 Å². The first-order valence-electron chi connectivity index (χ1n) is 8.11. The number of hydrogen-bond acceptors (Lipinski definition) is 4. The molecule has 0 spiro atoms. The molecule has 1 aliphatic heterocycles. The quantitative estimate of drug-likeness (QED) is 0.783. The molecule has 0 N–H and O–H groups in total. The third-order valence-corrected chi connectivity index (χ3v) is 4.40. The lowest BCUT2D eigenvalue weighted by atomic mass is 9.99. The van der Waals surface area contributed by atoms with Crippen LogP contribution >= 0.6 is 0 Å². The van der Waals surface area contributed by atoms with Gasteiger partial charge in [0.25, 0.3) is 0 Å². The Morgan fingerprint density at radius 3 is 2.73 bits per heavy atom. The normalized spacial score (nSPS) is 19.0. The molecular weight excluding hydrogens is 278 g/mol. The SMILES string of the molecule is CCOC(=O)C1CCCCN1Cc1cc(C)c(OC)cc1C. The highest BCUT2D eigenvalue weighted by Crippen LogP contribution is 2.26. The number of nitrogens with zero attached hydrogens (tertiary/aromatic N) is 1. The molecule has 4 nitrogen and oxygen atoms in total. The summed E-state index contributed by atoms with van der Waals surface area (Å²) >= 11 is 0. The topological polar surface area (TPSA) is 38.8 Å². The highest BCUT2D eigenvalue weighted by atomic mass is 16.5. The number of esters is 1. The van der Waals surface area contributed by atoms with Gasteiger partial charge in [0.1, 0.15) is 11.8 Å². The molecule has 1 aliphatic rings. The van der Waals surface area contributed by atoms with Gasteiger partial charge in [-0.15, -0.1) is 0 Å². The van der Waals surface area contributed by atoms with E-state index in [0.717, 1.165) is 43.7 Å². The number of carbonyl (C=O) groups excluding carboxylic acids is 1. The molecule has 4 heteroatoms. The van der Waals surface area contributed by atoms with E-state index in [4.69, 9.17) is 9.47 Å². The fourth-order valence-electron chi connectivity index (χ4n) is 3.14. The Morgan fingerprint density at radius 2 is 2.05 bits per heavy atom. The molecule has 0 radical (unpaired) electrons. The highest BCUT2D eigenvalue weighted by Gasteiger charge is 2.30. The lowest BCUT2D eigenvalue weighted by Gasteiger charge is -2.34. The van der Waals surface area contributed by atoms with E-state index in [0.29, 0.717) is 6.61 Å². The smallest absolute Gasteiger partial charge is 0.323 e. The van der Waals surface area contributed by atoms with E-state index >= 15 is 0 Å². The molecule has 1 fully saturated rings. The molecular formula is C18H27NO3. The third kappa shape index (κ3) is 3.80. The summed E-state index contributed by atoms with van der Waals surface area (Å²) in [5.74, 6) is 0.840. The first-order valence-corrected chi connectivity index (χ1v) is 8.11. The first-order chi connectivity index (χ1) is 10.6. The molecule has 0 saturated carbocycles. The lowest BCUT2D eigenvalue weighted by Crippen LogP contribution is -2.45. The molecule has 1 aromatic carbocycles. The average molecular weight is 305 g/mol. The summed E-state index contributed by atoms with van der Waals surface area (Å²) in [4.78, 5) is 14.4. The van der Waals surface area contributed by atoms with Crippen molar-refractivity contribution in [3.63, 3.8) is 0 Å². The molecule has 1 atom stereocenters. The predicted octanol–water partition coefficient (Wildman–Crippen LogP) is 3.23. The minimum absolute atomic E-state index is 0.0786. The van der Waals surface area contributed by atoms with E-state index in [1.807, 2.05) is 6.92 Å². The van der Waals surface area contributed by atoms with Gasteiger partial charge in [-0.2, -0.15) is 0 Å². The standard InChI is InChI=1S/C18H27NO3/c1-5-22-18(20)16-8-6-7-9-19(16)12-15-10-14(3)17(21-4)11-13(15)2/h10-11,16H,5-9,12H2,1-4H3. The van der Waals surface area contributed by atoms with Crippen molar-refractivity contribution in [1.29, 1.82) is 0 Å². The summed E-state index contributed by atoms with van der Waals surface area (Å²) < 4.78 is 10.6. The molecule has 0 aliphatic carbocycles. The summed E-state index contributed by atoms with van der Waals surface area (Å²) in [6, 6.07) is 4.15. The van der Waals surface area contributed by atoms with Crippen LogP contribution in [0, 0.1) is 13.8 Å². The lowest BCUT2D eigenvalue weighted by molar-refractivity contribution is -0.151. The van der Waals surface area contributed by atoms with E-state index in [2.05, 4.69) is 30.9 Å². The molecule has 122 valence electrons. The zero-order chi connectivity index (χ0) is 16.1. The molecule has 1 saturated heterocycles. The number of benzene rings is 1. The number of carbonyl (C=O) groups is 1. The Kier molecular flexibility index (Phi) is 5.83. The van der Waals surface area contributed by atoms with Crippen molar-refractivity contribution in [3.05, 3.63) is 28.8 Å². The Bertz CT molecular complexity index is 527. The minimum atomic E-state index is -0.101. The number of piperidine rings is 1. The zero-order valence-electron chi connectivity index (χ0n) is 14.1. The fraction of sp³-hybridized carbons (Fsp3) is 0.611. The van der Waals surface area contributed by atoms with Crippen molar-refractivity contribution in [1.82, 2.24) is 4.90 Å². The van der Waals surface area contributed by atoms with Gasteiger partial charge in [0.2, 0.25) is 0 Å². The van der Waals surface area contributed by atoms with Crippen molar-refractivity contribution >= 4 is 5.97 Å². The Balaban J connectivity index is 2.16. The van der Waals surface area contributed by atoms with E-state index < -0.39 is 0 Å². The summed E-state index contributed by atoms with van der Waals surface area (Å²) in [7, 11) is 1.70. The van der Waals surface area contributed by atoms with Crippen LogP contribution in [0.25, 0.3) is 0 Å². The van der Waals surface area contributed by atoms with Crippen LogP contribution in [0.4, 0.5) is 0 Å². The van der Waals surface area contributed by atoms with Crippen LogP contribution in [-0.2, 0) is 16.1 Å². The van der Waals surface area contributed by atoms with Crippen LogP contribution in [-0.4, -0.2) is 37.2 Å². The van der Waals surface area contributed by atoms with Crippen molar-refractivity contribution < 1.29 is 14.3 Å². The van der Waals surface area contributed by atoms with Gasteiger partial charge < -0.3 is 9.47 Å². The largest absolute Gasteiger partial charge is 0.496 e. The molecule has 0 aromatic heterocycles. The number of rotatable bonds is 5. The second-order valence-corrected chi connectivity index (χ2v) is 5.98. The maximum Gasteiger partial charge on any atom is 0.323 e. The summed E-state index contributed by atoms with van der Waals surface area (Å²) in [6.07, 6.45) is 3.14. The van der Waals surface area contributed by atoms with Gasteiger partial charge in [0.05, 0.1) is 13.7 Å². The molecule has 1 heterocycles. The number of methoxy groups -OCH3 is 1. The van der Waals surface area contributed by atoms with Crippen LogP contribution < -0.4 is 4.74 Å². The average Bonchev–Trinajstić information content (AvgIpc) is 2.51. The van der Waals surface area contributed by atoms with E-state index in [-0.39, 0.29) is 12.0 Å². The van der Waals surface area contributed by atoms with Gasteiger partial charge in [-0.3, -0.25) is 9.69 Å². The molecule has 0 amide bonds. The van der Waals surface area contributed by atoms with Crippen LogP contribution in [0.2, 0.25) is 0 Å². The van der Waals surface area contributed by atoms with E-state index in [1.165, 1.54) is 11.1 Å². The fourth-order valence-corrected chi connectivity index (χ4v) is 3.14. The predicted molar refractivity (Wildman–Crippen MR) is 87.2 cm³/mol. The van der Waals surface area contributed by atoms with Gasteiger partial charge >= 0.3 is 5.97 Å². The maximum atomic E-state index is 12.2. The zero-order valence-corrected chi connectivity index (χ0v) is 14.1.